The maximum atomic E-state index is 12.4. The maximum Gasteiger partial charge on any atom is 0.334 e. The molecule has 0 heterocycles. The molecule has 0 amide bonds. The second-order valence-corrected chi connectivity index (χ2v) is 2.01. The summed E-state index contributed by atoms with van der Waals surface area (Å²) in [5, 5.41) is 8.03. The molecule has 0 aliphatic rings. The van der Waals surface area contributed by atoms with Crippen LogP contribution in [0.1, 0.15) is 0 Å². The van der Waals surface area contributed by atoms with Gasteiger partial charge >= 0.3 is 5.97 Å². The van der Waals surface area contributed by atoms with Gasteiger partial charge in [0.05, 0.1) is 5.57 Å². The van der Waals surface area contributed by atoms with Gasteiger partial charge in [0.25, 0.3) is 6.43 Å². The monoisotopic (exact) mass is 186 g/mol. The lowest BCUT2D eigenvalue weighted by atomic mass is 10.1. The molecule has 1 N–H and O–H groups in total. The van der Waals surface area contributed by atoms with Gasteiger partial charge in [-0.25, -0.2) is 22.4 Å². The Morgan fingerprint density at radius 2 is 1.67 bits per heavy atom. The van der Waals surface area contributed by atoms with E-state index in [1.165, 1.54) is 0 Å². The van der Waals surface area contributed by atoms with Crippen molar-refractivity contribution in [3.8, 4) is 0 Å². The highest BCUT2D eigenvalue weighted by Gasteiger charge is 2.34. The van der Waals surface area contributed by atoms with Crippen molar-refractivity contribution in [1.29, 1.82) is 0 Å². The lowest BCUT2D eigenvalue weighted by Crippen LogP contribution is -2.29. The number of rotatable bonds is 4. The first-order valence-corrected chi connectivity index (χ1v) is 2.86. The molecular formula is C6H6F4O2. The van der Waals surface area contributed by atoms with Crippen molar-refractivity contribution in [2.45, 2.75) is 18.8 Å². The van der Waals surface area contributed by atoms with Gasteiger partial charge in [-0.05, 0) is 0 Å². The van der Waals surface area contributed by atoms with Crippen molar-refractivity contribution in [3.05, 3.63) is 12.2 Å². The average Bonchev–Trinajstić information content (AvgIpc) is 2.00. The lowest BCUT2D eigenvalue weighted by Gasteiger charge is -2.11. The molecule has 0 radical (unpaired) electrons. The van der Waals surface area contributed by atoms with Crippen LogP contribution in [0.2, 0.25) is 0 Å². The molecule has 6 heteroatoms. The van der Waals surface area contributed by atoms with Crippen molar-refractivity contribution in [2.75, 3.05) is 0 Å². The van der Waals surface area contributed by atoms with Crippen LogP contribution in [-0.2, 0) is 4.79 Å². The van der Waals surface area contributed by atoms with Crippen LogP contribution in [0.4, 0.5) is 17.6 Å². The van der Waals surface area contributed by atoms with E-state index < -0.39 is 30.3 Å². The van der Waals surface area contributed by atoms with Gasteiger partial charge < -0.3 is 5.11 Å². The van der Waals surface area contributed by atoms with Gasteiger partial charge in [-0.2, -0.15) is 0 Å². The van der Waals surface area contributed by atoms with Crippen LogP contribution in [0.3, 0.4) is 0 Å². The molecule has 0 aliphatic carbocycles. The Morgan fingerprint density at radius 1 is 1.25 bits per heavy atom. The molecule has 0 saturated carbocycles. The van der Waals surface area contributed by atoms with Crippen molar-refractivity contribution in [2.24, 2.45) is 0 Å². The molecular weight excluding hydrogens is 180 g/mol. The van der Waals surface area contributed by atoms with Gasteiger partial charge in [0.1, 0.15) is 0 Å². The number of aliphatic carboxylic acids is 1. The summed E-state index contributed by atoms with van der Waals surface area (Å²) in [7, 11) is 0. The Kier molecular flexibility index (Phi) is 3.72. The van der Waals surface area contributed by atoms with Gasteiger partial charge in [0.15, 0.2) is 12.3 Å². The molecule has 0 fully saturated rings. The summed E-state index contributed by atoms with van der Waals surface area (Å²) in [5.74, 6) is -1.83. The van der Waals surface area contributed by atoms with E-state index in [0.717, 1.165) is 0 Å². The van der Waals surface area contributed by atoms with E-state index in [4.69, 9.17) is 5.11 Å². The van der Waals surface area contributed by atoms with E-state index in [9.17, 15) is 22.4 Å². The molecule has 70 valence electrons. The number of carboxylic acids is 1. The van der Waals surface area contributed by atoms with Crippen LogP contribution in [0, 0.1) is 0 Å². The number of hydrogen-bond acceptors (Lipinski definition) is 1. The van der Waals surface area contributed by atoms with Gasteiger partial charge in [-0.3, -0.25) is 0 Å². The standard InChI is InChI=1S/C6H6F4O2/c1-2(6(11)12)3(7)4(8)5(9)10/h3-5H,1H2,(H,11,12). The summed E-state index contributed by atoms with van der Waals surface area (Å²) in [5.41, 5.74) is -1.21. The number of hydrogen-bond donors (Lipinski definition) is 1. The Morgan fingerprint density at radius 3 is 1.92 bits per heavy atom. The van der Waals surface area contributed by atoms with E-state index in [1.54, 1.807) is 0 Å². The van der Waals surface area contributed by atoms with Crippen molar-refractivity contribution in [3.63, 3.8) is 0 Å². The Bertz CT molecular complexity index is 192. The fourth-order valence-corrected chi connectivity index (χ4v) is 0.438. The third-order valence-electron chi connectivity index (χ3n) is 1.13. The quantitative estimate of drug-likeness (QED) is 0.534. The molecule has 2 atom stereocenters. The van der Waals surface area contributed by atoms with E-state index >= 15 is 0 Å². The van der Waals surface area contributed by atoms with Crippen LogP contribution < -0.4 is 0 Å². The van der Waals surface area contributed by atoms with Gasteiger partial charge in [0, 0.05) is 0 Å². The fourth-order valence-electron chi connectivity index (χ4n) is 0.438. The molecule has 2 unspecified atom stereocenters. The fraction of sp³-hybridized carbons (Fsp3) is 0.500. The molecule has 0 bridgehead atoms. The van der Waals surface area contributed by atoms with Crippen molar-refractivity contribution >= 4 is 5.97 Å². The van der Waals surface area contributed by atoms with Crippen LogP contribution in [-0.4, -0.2) is 29.8 Å². The highest BCUT2D eigenvalue weighted by Crippen LogP contribution is 2.18. The van der Waals surface area contributed by atoms with Crippen LogP contribution in [0.25, 0.3) is 0 Å². The summed E-state index contributed by atoms with van der Waals surface area (Å²) < 4.78 is 47.3. The number of halogens is 4. The minimum Gasteiger partial charge on any atom is -0.478 e. The summed E-state index contributed by atoms with van der Waals surface area (Å²) in [6.07, 6.45) is -9.54. The smallest absolute Gasteiger partial charge is 0.334 e. The Hall–Kier alpha value is -1.07. The maximum absolute atomic E-state index is 12.4. The van der Waals surface area contributed by atoms with Crippen LogP contribution in [0.5, 0.6) is 0 Å². The zero-order valence-corrected chi connectivity index (χ0v) is 5.81. The minimum atomic E-state index is -3.55. The third-order valence-corrected chi connectivity index (χ3v) is 1.13. The number of carboxylic acid groups (broad SMARTS) is 1. The second kappa shape index (κ2) is 4.08. The van der Waals surface area contributed by atoms with Crippen molar-refractivity contribution in [1.82, 2.24) is 0 Å². The zero-order chi connectivity index (χ0) is 9.89. The molecule has 0 rings (SSSR count). The number of alkyl halides is 4. The van der Waals surface area contributed by atoms with Crippen LogP contribution >= 0.6 is 0 Å². The van der Waals surface area contributed by atoms with E-state index in [2.05, 4.69) is 6.58 Å². The normalized spacial score (nSPS) is 15.8. The molecule has 0 aromatic carbocycles. The largest absolute Gasteiger partial charge is 0.478 e. The topological polar surface area (TPSA) is 37.3 Å². The first-order valence-electron chi connectivity index (χ1n) is 2.86. The van der Waals surface area contributed by atoms with E-state index in [1.807, 2.05) is 0 Å². The van der Waals surface area contributed by atoms with Crippen LogP contribution in [0.15, 0.2) is 12.2 Å². The molecule has 0 aromatic heterocycles. The summed E-state index contributed by atoms with van der Waals surface area (Å²) in [4.78, 5) is 9.92. The van der Waals surface area contributed by atoms with Gasteiger partial charge in [-0.15, -0.1) is 0 Å². The molecule has 2 nitrogen and oxygen atoms in total. The minimum absolute atomic E-state index is 1.21. The highest BCUT2D eigenvalue weighted by molar-refractivity contribution is 5.87. The predicted molar refractivity (Wildman–Crippen MR) is 32.6 cm³/mol. The zero-order valence-electron chi connectivity index (χ0n) is 5.81. The Labute approximate surface area is 65.5 Å². The van der Waals surface area contributed by atoms with Crippen molar-refractivity contribution < 1.29 is 27.5 Å². The van der Waals surface area contributed by atoms with E-state index in [-0.39, 0.29) is 0 Å². The predicted octanol–water partition coefficient (Wildman–Crippen LogP) is 1.57. The molecule has 0 aliphatic heterocycles. The van der Waals surface area contributed by atoms with Gasteiger partial charge in [-0.1, -0.05) is 6.58 Å². The second-order valence-electron chi connectivity index (χ2n) is 2.01. The van der Waals surface area contributed by atoms with E-state index in [0.29, 0.717) is 0 Å². The Balaban J connectivity index is 4.29. The summed E-state index contributed by atoms with van der Waals surface area (Å²) in [6.45, 7) is 2.61. The third kappa shape index (κ3) is 2.52. The SMILES string of the molecule is C=C(C(=O)O)C(F)C(F)C(F)F. The molecule has 0 spiro atoms. The van der Waals surface area contributed by atoms with Gasteiger partial charge in [0.2, 0.25) is 0 Å². The average molecular weight is 186 g/mol. The highest BCUT2D eigenvalue weighted by atomic mass is 19.3. The number of carbonyl (C=O) groups is 1. The summed E-state index contributed by atoms with van der Waals surface area (Å²) in [6, 6.07) is 0. The lowest BCUT2D eigenvalue weighted by molar-refractivity contribution is -0.134. The molecule has 0 saturated heterocycles. The summed E-state index contributed by atoms with van der Waals surface area (Å²) >= 11 is 0. The molecule has 0 aromatic rings. The molecule has 12 heavy (non-hydrogen) atoms. The first kappa shape index (κ1) is 10.9. The first-order chi connectivity index (χ1) is 5.37.